The van der Waals surface area contributed by atoms with Crippen LogP contribution in [-0.2, 0) is 6.42 Å². The molecule has 0 radical (unpaired) electrons. The maximum Gasteiger partial charge on any atom is 0.150 e. The van der Waals surface area contributed by atoms with Crippen molar-refractivity contribution in [1.29, 1.82) is 0 Å². The van der Waals surface area contributed by atoms with Gasteiger partial charge in [0.1, 0.15) is 6.29 Å². The summed E-state index contributed by atoms with van der Waals surface area (Å²) < 4.78 is 0. The van der Waals surface area contributed by atoms with Crippen LogP contribution < -0.4 is 0 Å². The molecule has 0 aromatic heterocycles. The predicted molar refractivity (Wildman–Crippen MR) is 55.7 cm³/mol. The highest BCUT2D eigenvalue weighted by molar-refractivity contribution is 6.18. The molecule has 0 saturated heterocycles. The summed E-state index contributed by atoms with van der Waals surface area (Å²) in [4.78, 5) is 10.7. The SMILES string of the molecule is Cc1cc(C=O)c(CCCl)cc1C. The molecule has 0 aliphatic carbocycles. The first-order valence-corrected chi connectivity index (χ1v) is 4.83. The van der Waals surface area contributed by atoms with Crippen molar-refractivity contribution in [2.45, 2.75) is 20.3 Å². The molecule has 0 N–H and O–H groups in total. The van der Waals surface area contributed by atoms with Crippen LogP contribution in [0.4, 0.5) is 0 Å². The minimum atomic E-state index is 0.559. The number of hydrogen-bond donors (Lipinski definition) is 0. The molecule has 13 heavy (non-hydrogen) atoms. The molecule has 2 heteroatoms. The highest BCUT2D eigenvalue weighted by Gasteiger charge is 2.03. The third-order valence-corrected chi connectivity index (χ3v) is 2.44. The molecule has 1 aromatic carbocycles. The van der Waals surface area contributed by atoms with Gasteiger partial charge in [0.15, 0.2) is 0 Å². The molecule has 1 aromatic rings. The Morgan fingerprint density at radius 2 is 1.92 bits per heavy atom. The van der Waals surface area contributed by atoms with Gasteiger partial charge in [-0.15, -0.1) is 11.6 Å². The average Bonchev–Trinajstić information content (AvgIpc) is 2.11. The lowest BCUT2D eigenvalue weighted by Crippen LogP contribution is -1.96. The minimum Gasteiger partial charge on any atom is -0.298 e. The lowest BCUT2D eigenvalue weighted by molar-refractivity contribution is 0.112. The van der Waals surface area contributed by atoms with E-state index in [9.17, 15) is 4.79 Å². The van der Waals surface area contributed by atoms with Gasteiger partial charge in [0, 0.05) is 11.4 Å². The summed E-state index contributed by atoms with van der Waals surface area (Å²) >= 11 is 5.64. The predicted octanol–water partition coefficient (Wildman–Crippen LogP) is 2.90. The summed E-state index contributed by atoms with van der Waals surface area (Å²) in [6.45, 7) is 4.05. The Balaban J connectivity index is 3.16. The van der Waals surface area contributed by atoms with Gasteiger partial charge in [-0.05, 0) is 43.0 Å². The van der Waals surface area contributed by atoms with Gasteiger partial charge in [0.05, 0.1) is 0 Å². The third-order valence-electron chi connectivity index (χ3n) is 2.25. The molecule has 0 aliphatic heterocycles. The van der Waals surface area contributed by atoms with Gasteiger partial charge in [-0.3, -0.25) is 4.79 Å². The molecule has 0 aliphatic rings. The zero-order chi connectivity index (χ0) is 9.84. The minimum absolute atomic E-state index is 0.559. The highest BCUT2D eigenvalue weighted by atomic mass is 35.5. The van der Waals surface area contributed by atoms with E-state index >= 15 is 0 Å². The summed E-state index contributed by atoms with van der Waals surface area (Å²) in [6.07, 6.45) is 1.66. The topological polar surface area (TPSA) is 17.1 Å². The Labute approximate surface area is 83.7 Å². The van der Waals surface area contributed by atoms with E-state index in [1.807, 2.05) is 26.0 Å². The van der Waals surface area contributed by atoms with Crippen molar-refractivity contribution >= 4 is 17.9 Å². The third kappa shape index (κ3) is 2.31. The first kappa shape index (κ1) is 10.3. The highest BCUT2D eigenvalue weighted by Crippen LogP contribution is 2.15. The summed E-state index contributed by atoms with van der Waals surface area (Å²) in [5, 5.41) is 0. The molecule has 0 fully saturated rings. The number of benzene rings is 1. The zero-order valence-corrected chi connectivity index (χ0v) is 8.69. The fourth-order valence-electron chi connectivity index (χ4n) is 1.33. The molecule has 1 nitrogen and oxygen atoms in total. The second kappa shape index (κ2) is 4.43. The number of halogens is 1. The molecule has 0 heterocycles. The molecule has 70 valence electrons. The van der Waals surface area contributed by atoms with Crippen LogP contribution in [0, 0.1) is 13.8 Å². The van der Waals surface area contributed by atoms with E-state index in [0.29, 0.717) is 5.88 Å². The fraction of sp³-hybridized carbons (Fsp3) is 0.364. The van der Waals surface area contributed by atoms with Crippen molar-refractivity contribution in [3.05, 3.63) is 34.4 Å². The van der Waals surface area contributed by atoms with Gasteiger partial charge in [-0.25, -0.2) is 0 Å². The van der Waals surface area contributed by atoms with Crippen LogP contribution in [0.3, 0.4) is 0 Å². The zero-order valence-electron chi connectivity index (χ0n) is 7.93. The van der Waals surface area contributed by atoms with Gasteiger partial charge >= 0.3 is 0 Å². The number of aldehydes is 1. The Morgan fingerprint density at radius 1 is 1.31 bits per heavy atom. The van der Waals surface area contributed by atoms with Crippen molar-refractivity contribution in [2.75, 3.05) is 5.88 Å². The second-order valence-corrected chi connectivity index (χ2v) is 3.57. The average molecular weight is 197 g/mol. The van der Waals surface area contributed by atoms with Crippen LogP contribution in [0.15, 0.2) is 12.1 Å². The van der Waals surface area contributed by atoms with Crippen LogP contribution >= 0.6 is 11.6 Å². The second-order valence-electron chi connectivity index (χ2n) is 3.19. The first-order chi connectivity index (χ1) is 6.19. The van der Waals surface area contributed by atoms with Crippen LogP contribution in [-0.4, -0.2) is 12.2 Å². The van der Waals surface area contributed by atoms with Gasteiger partial charge in [-0.2, -0.15) is 0 Å². The van der Waals surface area contributed by atoms with E-state index < -0.39 is 0 Å². The van der Waals surface area contributed by atoms with Crippen molar-refractivity contribution in [2.24, 2.45) is 0 Å². The number of carbonyl (C=O) groups is 1. The number of aryl methyl sites for hydroxylation is 3. The summed E-state index contributed by atoms with van der Waals surface area (Å²) in [5.41, 5.74) is 4.18. The fourth-order valence-corrected chi connectivity index (χ4v) is 1.53. The maximum atomic E-state index is 10.7. The van der Waals surface area contributed by atoms with E-state index in [2.05, 4.69) is 0 Å². The van der Waals surface area contributed by atoms with E-state index in [4.69, 9.17) is 11.6 Å². The molecule has 0 unspecified atom stereocenters. The quantitative estimate of drug-likeness (QED) is 0.537. The Bertz CT molecular complexity index is 318. The normalized spacial score (nSPS) is 10.1. The summed E-state index contributed by atoms with van der Waals surface area (Å²) in [6, 6.07) is 3.96. The molecule has 0 spiro atoms. The van der Waals surface area contributed by atoms with Gasteiger partial charge in [-0.1, -0.05) is 6.07 Å². The lowest BCUT2D eigenvalue weighted by atomic mass is 9.99. The largest absolute Gasteiger partial charge is 0.298 e. The van der Waals surface area contributed by atoms with Crippen LogP contribution in [0.5, 0.6) is 0 Å². The molecular weight excluding hydrogens is 184 g/mol. The van der Waals surface area contributed by atoms with Crippen molar-refractivity contribution in [3.63, 3.8) is 0 Å². The van der Waals surface area contributed by atoms with Crippen molar-refractivity contribution < 1.29 is 4.79 Å². The summed E-state index contributed by atoms with van der Waals surface area (Å²) in [7, 11) is 0. The van der Waals surface area contributed by atoms with Crippen LogP contribution in [0.1, 0.15) is 27.0 Å². The Morgan fingerprint density at radius 3 is 2.46 bits per heavy atom. The number of alkyl halides is 1. The molecule has 0 atom stereocenters. The molecule has 1 rings (SSSR count). The Hall–Kier alpha value is -0.820. The van der Waals surface area contributed by atoms with Crippen LogP contribution in [0.2, 0.25) is 0 Å². The smallest absolute Gasteiger partial charge is 0.150 e. The Kier molecular flexibility index (Phi) is 3.49. The lowest BCUT2D eigenvalue weighted by Gasteiger charge is -2.06. The number of rotatable bonds is 3. The number of carbonyl (C=O) groups excluding carboxylic acids is 1. The van der Waals surface area contributed by atoms with Crippen molar-refractivity contribution in [1.82, 2.24) is 0 Å². The summed E-state index contributed by atoms with van der Waals surface area (Å²) in [5.74, 6) is 0.559. The van der Waals surface area contributed by atoms with Gasteiger partial charge < -0.3 is 0 Å². The van der Waals surface area contributed by atoms with E-state index in [1.54, 1.807) is 0 Å². The first-order valence-electron chi connectivity index (χ1n) is 4.30. The monoisotopic (exact) mass is 196 g/mol. The van der Waals surface area contributed by atoms with E-state index in [-0.39, 0.29) is 0 Å². The van der Waals surface area contributed by atoms with Gasteiger partial charge in [0.25, 0.3) is 0 Å². The standard InChI is InChI=1S/C11H13ClO/c1-8-5-10(3-4-12)11(7-13)6-9(8)2/h5-7H,3-4H2,1-2H3. The van der Waals surface area contributed by atoms with Crippen LogP contribution in [0.25, 0.3) is 0 Å². The van der Waals surface area contributed by atoms with Gasteiger partial charge in [0.2, 0.25) is 0 Å². The van der Waals surface area contributed by atoms with E-state index in [1.165, 1.54) is 5.56 Å². The maximum absolute atomic E-state index is 10.7. The number of hydrogen-bond acceptors (Lipinski definition) is 1. The molecular formula is C11H13ClO. The van der Waals surface area contributed by atoms with Crippen molar-refractivity contribution in [3.8, 4) is 0 Å². The molecule has 0 amide bonds. The molecule has 0 saturated carbocycles. The van der Waals surface area contributed by atoms with E-state index in [0.717, 1.165) is 29.4 Å². The molecule has 0 bridgehead atoms.